The van der Waals surface area contributed by atoms with E-state index < -0.39 is 23.2 Å². The molecule has 204 valence electrons. The van der Waals surface area contributed by atoms with Gasteiger partial charge in [0, 0.05) is 31.4 Å². The molecule has 0 saturated carbocycles. The Kier molecular flexibility index (Phi) is 7.40. The molecule has 3 aromatic rings. The fourth-order valence-corrected chi connectivity index (χ4v) is 4.92. The zero-order chi connectivity index (χ0) is 28.1. The lowest BCUT2D eigenvalue weighted by atomic mass is 10.0. The highest BCUT2D eigenvalue weighted by molar-refractivity contribution is 6.30. The lowest BCUT2D eigenvalue weighted by Gasteiger charge is -2.44. The van der Waals surface area contributed by atoms with Gasteiger partial charge < -0.3 is 14.5 Å². The first-order chi connectivity index (χ1) is 17.7. The minimum Gasteiger partial charge on any atom is -0.444 e. The number of carbonyl (C=O) groups excluding carboxylic acids is 1. The number of anilines is 1. The number of ether oxygens (including phenoxy) is 1. The number of halogens is 2. The maximum atomic E-state index is 14.8. The van der Waals surface area contributed by atoms with Gasteiger partial charge in [-0.25, -0.2) is 23.5 Å². The second-order valence-corrected chi connectivity index (χ2v) is 11.5. The van der Waals surface area contributed by atoms with Crippen LogP contribution in [0.25, 0.3) is 16.7 Å². The van der Waals surface area contributed by atoms with Gasteiger partial charge in [0.15, 0.2) is 16.6 Å². The van der Waals surface area contributed by atoms with Crippen LogP contribution >= 0.6 is 11.6 Å². The van der Waals surface area contributed by atoms with Crippen molar-refractivity contribution in [1.29, 1.82) is 0 Å². The van der Waals surface area contributed by atoms with Crippen molar-refractivity contribution in [2.24, 2.45) is 0 Å². The van der Waals surface area contributed by atoms with Gasteiger partial charge in [0.1, 0.15) is 11.4 Å². The summed E-state index contributed by atoms with van der Waals surface area (Å²) in [5.41, 5.74) is 1.05. The topological polar surface area (TPSA) is 93.5 Å². The lowest BCUT2D eigenvalue weighted by molar-refractivity contribution is 0.0130. The number of fused-ring (bicyclic) bond motifs is 1. The first-order valence-electron chi connectivity index (χ1n) is 12.7. The number of amides is 1. The van der Waals surface area contributed by atoms with Gasteiger partial charge in [-0.3, -0.25) is 4.98 Å². The molecule has 3 aromatic heterocycles. The molecule has 1 unspecified atom stereocenters. The van der Waals surface area contributed by atoms with Crippen LogP contribution in [0.2, 0.25) is 5.15 Å². The highest BCUT2D eigenvalue weighted by atomic mass is 35.5. The van der Waals surface area contributed by atoms with Crippen molar-refractivity contribution >= 4 is 34.5 Å². The van der Waals surface area contributed by atoms with Gasteiger partial charge >= 0.3 is 11.8 Å². The summed E-state index contributed by atoms with van der Waals surface area (Å²) in [6.45, 7) is 15.8. The third kappa shape index (κ3) is 5.18. The van der Waals surface area contributed by atoms with Gasteiger partial charge in [-0.2, -0.15) is 4.98 Å². The molecular formula is C27H34ClFN6O3. The van der Waals surface area contributed by atoms with Gasteiger partial charge in [-0.15, -0.1) is 0 Å². The van der Waals surface area contributed by atoms with Crippen molar-refractivity contribution in [3.05, 3.63) is 51.0 Å². The Morgan fingerprint density at radius 3 is 2.50 bits per heavy atom. The van der Waals surface area contributed by atoms with E-state index in [4.69, 9.17) is 16.3 Å². The van der Waals surface area contributed by atoms with E-state index in [9.17, 15) is 14.0 Å². The van der Waals surface area contributed by atoms with Crippen LogP contribution < -0.4 is 10.6 Å². The predicted molar refractivity (Wildman–Crippen MR) is 146 cm³/mol. The molecule has 0 aromatic carbocycles. The molecule has 0 N–H and O–H groups in total. The number of aromatic nitrogens is 4. The summed E-state index contributed by atoms with van der Waals surface area (Å²) >= 11 is 6.13. The van der Waals surface area contributed by atoms with E-state index in [-0.39, 0.29) is 28.8 Å². The van der Waals surface area contributed by atoms with Crippen LogP contribution in [0, 0.1) is 12.7 Å². The molecular weight excluding hydrogens is 511 g/mol. The van der Waals surface area contributed by atoms with E-state index in [0.29, 0.717) is 35.7 Å². The smallest absolute Gasteiger partial charge is 0.410 e. The molecule has 2 atom stereocenters. The summed E-state index contributed by atoms with van der Waals surface area (Å²) in [6.07, 6.45) is 1.29. The van der Waals surface area contributed by atoms with E-state index in [2.05, 4.69) is 15.0 Å². The molecule has 0 aliphatic carbocycles. The third-order valence-corrected chi connectivity index (χ3v) is 6.83. The Hall–Kier alpha value is -3.27. The van der Waals surface area contributed by atoms with Crippen molar-refractivity contribution < 1.29 is 13.9 Å². The highest BCUT2D eigenvalue weighted by Crippen LogP contribution is 2.32. The van der Waals surface area contributed by atoms with Crippen molar-refractivity contribution in [2.45, 2.75) is 79.0 Å². The fourth-order valence-electron chi connectivity index (χ4n) is 4.79. The molecule has 1 saturated heterocycles. The predicted octanol–water partition coefficient (Wildman–Crippen LogP) is 5.23. The van der Waals surface area contributed by atoms with Crippen molar-refractivity contribution in [3.63, 3.8) is 0 Å². The van der Waals surface area contributed by atoms with Gasteiger partial charge in [0.05, 0.1) is 16.8 Å². The molecule has 9 nitrogen and oxygen atoms in total. The van der Waals surface area contributed by atoms with Crippen molar-refractivity contribution in [2.75, 3.05) is 18.0 Å². The molecule has 0 radical (unpaired) electrons. The normalized spacial score (nSPS) is 18.4. The number of carbonyl (C=O) groups is 1. The summed E-state index contributed by atoms with van der Waals surface area (Å²) in [6, 6.07) is 2.58. The quantitative estimate of drug-likeness (QED) is 0.416. The molecule has 1 amide bonds. The summed E-state index contributed by atoms with van der Waals surface area (Å²) in [5, 5.41) is 0.000768. The molecule has 1 aliphatic heterocycles. The second kappa shape index (κ2) is 10.1. The van der Waals surface area contributed by atoms with Crippen LogP contribution in [0.5, 0.6) is 0 Å². The number of pyridine rings is 2. The van der Waals surface area contributed by atoms with E-state index in [1.165, 1.54) is 10.6 Å². The Morgan fingerprint density at radius 2 is 1.87 bits per heavy atom. The Balaban J connectivity index is 1.88. The average Bonchev–Trinajstić information content (AvgIpc) is 2.80. The number of rotatable bonds is 3. The maximum Gasteiger partial charge on any atom is 0.410 e. The van der Waals surface area contributed by atoms with E-state index in [0.717, 1.165) is 5.56 Å². The summed E-state index contributed by atoms with van der Waals surface area (Å²) in [4.78, 5) is 43.3. The largest absolute Gasteiger partial charge is 0.444 e. The first-order valence-corrected chi connectivity index (χ1v) is 13.1. The van der Waals surface area contributed by atoms with Crippen LogP contribution in [-0.4, -0.2) is 61.3 Å². The van der Waals surface area contributed by atoms with Gasteiger partial charge in [-0.05, 0) is 65.2 Å². The van der Waals surface area contributed by atoms with E-state index in [1.807, 2.05) is 60.3 Å². The zero-order valence-electron chi connectivity index (χ0n) is 23.0. The van der Waals surface area contributed by atoms with Crippen LogP contribution in [0.15, 0.2) is 23.1 Å². The highest BCUT2D eigenvalue weighted by Gasteiger charge is 2.36. The molecule has 0 bridgehead atoms. The van der Waals surface area contributed by atoms with Crippen LogP contribution in [0.1, 0.15) is 65.6 Å². The Bertz CT molecular complexity index is 1450. The Morgan fingerprint density at radius 1 is 1.18 bits per heavy atom. The van der Waals surface area contributed by atoms with Gasteiger partial charge in [-0.1, -0.05) is 25.4 Å². The maximum absolute atomic E-state index is 14.8. The van der Waals surface area contributed by atoms with Crippen molar-refractivity contribution in [1.82, 2.24) is 24.4 Å². The van der Waals surface area contributed by atoms with Crippen LogP contribution in [-0.2, 0) is 4.74 Å². The minimum atomic E-state index is -0.715. The van der Waals surface area contributed by atoms with Gasteiger partial charge in [0.2, 0.25) is 0 Å². The molecule has 0 spiro atoms. The second-order valence-electron chi connectivity index (χ2n) is 11.2. The molecule has 4 heterocycles. The third-order valence-electron chi connectivity index (χ3n) is 6.57. The number of hydrogen-bond acceptors (Lipinski definition) is 7. The monoisotopic (exact) mass is 544 g/mol. The lowest BCUT2D eigenvalue weighted by Crippen LogP contribution is -2.59. The van der Waals surface area contributed by atoms with Crippen molar-refractivity contribution in [3.8, 4) is 5.69 Å². The zero-order valence-corrected chi connectivity index (χ0v) is 23.8. The molecule has 1 fully saturated rings. The molecule has 1 aliphatic rings. The standard InChI is InChI=1S/C27H34ClFN6O3/c1-14(2)20-21(15(3)9-10-30-20)35-24-18(11-19(29)22(28)31-24)23(32-25(35)36)33-12-17(5)34(13-16(33)4)26(37)38-27(6,7)8/h9-11,14,16-17H,12-13H2,1-8H3/t16?,17-/m1/s1. The number of aryl methyl sites for hydroxylation is 1. The number of piperazine rings is 1. The fraction of sp³-hybridized carbons (Fsp3) is 0.519. The average molecular weight is 545 g/mol. The number of nitrogens with zero attached hydrogens (tertiary/aromatic N) is 6. The molecule has 4 rings (SSSR count). The van der Waals surface area contributed by atoms with E-state index >= 15 is 0 Å². The minimum absolute atomic E-state index is 0.00394. The first kappa shape index (κ1) is 27.8. The van der Waals surface area contributed by atoms with E-state index in [1.54, 1.807) is 17.2 Å². The SMILES string of the molecule is Cc1ccnc(C(C)C)c1-n1c(=O)nc(N2C[C@@H](C)N(C(=O)OC(C)(C)C)CC2C)c2cc(F)c(Cl)nc21. The summed E-state index contributed by atoms with van der Waals surface area (Å²) < 4.78 is 21.8. The summed E-state index contributed by atoms with van der Waals surface area (Å²) in [5.74, 6) is -0.420. The van der Waals surface area contributed by atoms with Gasteiger partial charge in [0.25, 0.3) is 0 Å². The molecule has 11 heteroatoms. The van der Waals surface area contributed by atoms with Crippen LogP contribution in [0.4, 0.5) is 15.0 Å². The molecule has 38 heavy (non-hydrogen) atoms. The number of hydrogen-bond donors (Lipinski definition) is 0. The van der Waals surface area contributed by atoms with Crippen LogP contribution in [0.3, 0.4) is 0 Å². The Labute approximate surface area is 226 Å². The summed E-state index contributed by atoms with van der Waals surface area (Å²) in [7, 11) is 0.